The summed E-state index contributed by atoms with van der Waals surface area (Å²) >= 11 is 3.00. The van der Waals surface area contributed by atoms with Gasteiger partial charge in [0.05, 0.1) is 16.8 Å². The topological polar surface area (TPSA) is 39.1 Å². The molecule has 19 heavy (non-hydrogen) atoms. The zero-order valence-electron chi connectivity index (χ0n) is 10.3. The quantitative estimate of drug-likeness (QED) is 0.694. The molecule has 3 rings (SSSR count). The van der Waals surface area contributed by atoms with E-state index in [9.17, 15) is 9.59 Å². The Morgan fingerprint density at radius 1 is 1.26 bits per heavy atom. The average molecular weight is 289 g/mol. The fourth-order valence-electron chi connectivity index (χ4n) is 1.95. The van der Waals surface area contributed by atoms with Crippen LogP contribution >= 0.6 is 22.7 Å². The first-order valence-electron chi connectivity index (χ1n) is 5.81. The number of aromatic nitrogens is 1. The Bertz CT molecular complexity index is 810. The van der Waals surface area contributed by atoms with E-state index in [1.807, 2.05) is 30.5 Å². The van der Waals surface area contributed by atoms with Crippen LogP contribution in [-0.4, -0.2) is 10.4 Å². The molecule has 0 atom stereocenters. The predicted octanol–water partition coefficient (Wildman–Crippen LogP) is 3.32. The maximum atomic E-state index is 12.2. The zero-order valence-corrected chi connectivity index (χ0v) is 11.9. The van der Waals surface area contributed by atoms with Crippen molar-refractivity contribution in [2.24, 2.45) is 0 Å². The minimum Gasteiger partial charge on any atom is -0.307 e. The van der Waals surface area contributed by atoms with Gasteiger partial charge in [-0.2, -0.15) is 0 Å². The van der Waals surface area contributed by atoms with Gasteiger partial charge in [0.1, 0.15) is 0 Å². The molecule has 0 bridgehead atoms. The molecule has 0 saturated heterocycles. The van der Waals surface area contributed by atoms with Gasteiger partial charge < -0.3 is 4.57 Å². The number of hydrogen-bond donors (Lipinski definition) is 0. The summed E-state index contributed by atoms with van der Waals surface area (Å²) < 4.78 is 2.44. The van der Waals surface area contributed by atoms with Gasteiger partial charge in [0.15, 0.2) is 5.78 Å². The van der Waals surface area contributed by atoms with Crippen molar-refractivity contribution in [1.29, 1.82) is 0 Å². The first-order chi connectivity index (χ1) is 9.15. The summed E-state index contributed by atoms with van der Waals surface area (Å²) in [5.41, 5.74) is -0.0969. The van der Waals surface area contributed by atoms with Crippen LogP contribution in [0.2, 0.25) is 0 Å². The molecule has 3 aromatic rings. The van der Waals surface area contributed by atoms with Crippen LogP contribution in [-0.2, 0) is 6.54 Å². The van der Waals surface area contributed by atoms with Gasteiger partial charge in [0, 0.05) is 15.8 Å². The molecule has 3 aromatic heterocycles. The van der Waals surface area contributed by atoms with Gasteiger partial charge in [0.2, 0.25) is 0 Å². The smallest absolute Gasteiger partial charge is 0.259 e. The van der Waals surface area contributed by atoms with Gasteiger partial charge in [-0.25, -0.2) is 0 Å². The molecular formula is C14H11NO2S2. The van der Waals surface area contributed by atoms with Gasteiger partial charge in [-0.1, -0.05) is 0 Å². The van der Waals surface area contributed by atoms with E-state index < -0.39 is 0 Å². The van der Waals surface area contributed by atoms with Crippen molar-refractivity contribution in [2.45, 2.75) is 13.5 Å². The number of rotatable bonds is 3. The van der Waals surface area contributed by atoms with Crippen LogP contribution in [0.5, 0.6) is 0 Å². The highest BCUT2D eigenvalue weighted by Crippen LogP contribution is 2.18. The van der Waals surface area contributed by atoms with E-state index in [-0.39, 0.29) is 17.9 Å². The maximum absolute atomic E-state index is 12.2. The summed E-state index contributed by atoms with van der Waals surface area (Å²) in [5.74, 6) is -0.0187. The third-order valence-electron chi connectivity index (χ3n) is 2.92. The van der Waals surface area contributed by atoms with E-state index in [0.717, 1.165) is 9.58 Å². The molecular weight excluding hydrogens is 278 g/mol. The molecule has 0 aliphatic carbocycles. The third-order valence-corrected chi connectivity index (χ3v) is 4.85. The van der Waals surface area contributed by atoms with Crippen LogP contribution in [0.15, 0.2) is 40.6 Å². The minimum atomic E-state index is -0.0969. The first kappa shape index (κ1) is 12.3. The Hall–Kier alpha value is -1.72. The number of carbonyl (C=O) groups is 1. The van der Waals surface area contributed by atoms with E-state index in [2.05, 4.69) is 0 Å². The lowest BCUT2D eigenvalue weighted by atomic mass is 10.3. The fraction of sp³-hybridized carbons (Fsp3) is 0.143. The lowest BCUT2D eigenvalue weighted by Crippen LogP contribution is -2.23. The standard InChI is InChI=1S/C14H11NO2S2/c1-9-2-3-13(19-9)11(16)8-15-6-4-12-10(14(15)17)5-7-18-12/h2-7H,8H2,1H3. The average Bonchev–Trinajstić information content (AvgIpc) is 3.01. The highest BCUT2D eigenvalue weighted by Gasteiger charge is 2.11. The molecule has 3 heterocycles. The summed E-state index contributed by atoms with van der Waals surface area (Å²) in [7, 11) is 0. The summed E-state index contributed by atoms with van der Waals surface area (Å²) in [5, 5.41) is 2.57. The number of fused-ring (bicyclic) bond motifs is 1. The van der Waals surface area contributed by atoms with Crippen molar-refractivity contribution < 1.29 is 4.79 Å². The van der Waals surface area contributed by atoms with Gasteiger partial charge >= 0.3 is 0 Å². The number of ketones is 1. The van der Waals surface area contributed by atoms with Crippen molar-refractivity contribution in [3.63, 3.8) is 0 Å². The second-order valence-electron chi connectivity index (χ2n) is 4.28. The van der Waals surface area contributed by atoms with Crippen LogP contribution in [0.4, 0.5) is 0 Å². The normalized spacial score (nSPS) is 11.0. The molecule has 0 N–H and O–H groups in total. The largest absolute Gasteiger partial charge is 0.307 e. The number of pyridine rings is 1. The molecule has 0 spiro atoms. The lowest BCUT2D eigenvalue weighted by molar-refractivity contribution is 0.0975. The highest BCUT2D eigenvalue weighted by molar-refractivity contribution is 7.17. The Labute approximate surface area is 117 Å². The van der Waals surface area contributed by atoms with Crippen LogP contribution in [0.1, 0.15) is 14.5 Å². The lowest BCUT2D eigenvalue weighted by Gasteiger charge is -2.03. The number of hydrogen-bond acceptors (Lipinski definition) is 4. The Balaban J connectivity index is 1.95. The summed E-state index contributed by atoms with van der Waals surface area (Å²) in [6.07, 6.45) is 1.69. The van der Waals surface area contributed by atoms with Crippen LogP contribution < -0.4 is 5.56 Å². The predicted molar refractivity (Wildman–Crippen MR) is 79.5 cm³/mol. The molecule has 0 saturated carbocycles. The molecule has 0 amide bonds. The van der Waals surface area contributed by atoms with E-state index in [1.54, 1.807) is 12.3 Å². The van der Waals surface area contributed by atoms with E-state index in [1.165, 1.54) is 27.2 Å². The molecule has 0 aliphatic rings. The summed E-state index contributed by atoms with van der Waals surface area (Å²) in [4.78, 5) is 26.1. The van der Waals surface area contributed by atoms with Crippen LogP contribution in [0, 0.1) is 6.92 Å². The van der Waals surface area contributed by atoms with E-state index >= 15 is 0 Å². The maximum Gasteiger partial charge on any atom is 0.259 e. The van der Waals surface area contributed by atoms with E-state index in [4.69, 9.17) is 0 Å². The summed E-state index contributed by atoms with van der Waals surface area (Å²) in [6.45, 7) is 2.07. The Kier molecular flexibility index (Phi) is 3.08. The van der Waals surface area contributed by atoms with Crippen molar-refractivity contribution in [3.8, 4) is 0 Å². The highest BCUT2D eigenvalue weighted by atomic mass is 32.1. The van der Waals surface area contributed by atoms with Gasteiger partial charge in [-0.15, -0.1) is 22.7 Å². The van der Waals surface area contributed by atoms with Crippen LogP contribution in [0.3, 0.4) is 0 Å². The number of nitrogens with zero attached hydrogens (tertiary/aromatic N) is 1. The van der Waals surface area contributed by atoms with Gasteiger partial charge in [-0.05, 0) is 36.6 Å². The van der Waals surface area contributed by atoms with Crippen molar-refractivity contribution >= 4 is 38.5 Å². The SMILES string of the molecule is Cc1ccc(C(=O)Cn2ccc3sccc3c2=O)s1. The van der Waals surface area contributed by atoms with Gasteiger partial charge in [0.25, 0.3) is 5.56 Å². The zero-order chi connectivity index (χ0) is 13.4. The molecule has 0 radical (unpaired) electrons. The molecule has 5 heteroatoms. The van der Waals surface area contributed by atoms with Crippen LogP contribution in [0.25, 0.3) is 10.1 Å². The second kappa shape index (κ2) is 4.75. The number of carbonyl (C=O) groups excluding carboxylic acids is 1. The molecule has 0 unspecified atom stereocenters. The van der Waals surface area contributed by atoms with Crippen molar-refractivity contribution in [2.75, 3.05) is 0 Å². The van der Waals surface area contributed by atoms with Gasteiger partial charge in [-0.3, -0.25) is 9.59 Å². The molecule has 96 valence electrons. The number of thiophene rings is 2. The summed E-state index contributed by atoms with van der Waals surface area (Å²) in [6, 6.07) is 7.42. The minimum absolute atomic E-state index is 0.0187. The molecule has 0 aliphatic heterocycles. The second-order valence-corrected chi connectivity index (χ2v) is 6.52. The first-order valence-corrected chi connectivity index (χ1v) is 7.51. The number of Topliss-reactive ketones (excluding diaryl/α,β-unsaturated/α-hetero) is 1. The van der Waals surface area contributed by atoms with Crippen molar-refractivity contribution in [3.05, 3.63) is 56.0 Å². The molecule has 0 fully saturated rings. The number of aryl methyl sites for hydroxylation is 1. The Morgan fingerprint density at radius 3 is 2.84 bits per heavy atom. The van der Waals surface area contributed by atoms with Crippen molar-refractivity contribution in [1.82, 2.24) is 4.57 Å². The molecule has 0 aromatic carbocycles. The monoisotopic (exact) mass is 289 g/mol. The Morgan fingerprint density at radius 2 is 2.11 bits per heavy atom. The van der Waals surface area contributed by atoms with E-state index in [0.29, 0.717) is 10.3 Å². The fourth-order valence-corrected chi connectivity index (χ4v) is 3.52. The molecule has 3 nitrogen and oxygen atoms in total. The third kappa shape index (κ3) is 2.27.